The summed E-state index contributed by atoms with van der Waals surface area (Å²) in [6, 6.07) is 0. The molecule has 0 saturated heterocycles. The third-order valence-electron chi connectivity index (χ3n) is 4.94. The molecule has 0 aliphatic heterocycles. The van der Waals surface area contributed by atoms with E-state index < -0.39 is 6.17 Å². The van der Waals surface area contributed by atoms with Crippen molar-refractivity contribution in [1.29, 1.82) is 0 Å². The van der Waals surface area contributed by atoms with Gasteiger partial charge in [-0.2, -0.15) is 0 Å². The van der Waals surface area contributed by atoms with Crippen LogP contribution in [0.2, 0.25) is 0 Å². The maximum atomic E-state index is 13.7. The lowest BCUT2D eigenvalue weighted by atomic mass is 9.70. The summed E-state index contributed by atoms with van der Waals surface area (Å²) in [6.07, 6.45) is 0.395. The highest BCUT2D eigenvalue weighted by Gasteiger charge is 2.67. The molecule has 0 aromatic heterocycles. The van der Waals surface area contributed by atoms with Gasteiger partial charge in [0.2, 0.25) is 0 Å². The van der Waals surface area contributed by atoms with Crippen LogP contribution in [-0.4, -0.2) is 18.2 Å². The molecule has 0 spiro atoms. The summed E-state index contributed by atoms with van der Waals surface area (Å²) in [5.41, 5.74) is -0.255. The summed E-state index contributed by atoms with van der Waals surface area (Å²) in [5.74, 6) is -0.202. The van der Waals surface area contributed by atoms with Gasteiger partial charge in [0.05, 0.1) is 0 Å². The minimum atomic E-state index is -0.725. The first-order valence-corrected chi connectivity index (χ1v) is 5.60. The van der Waals surface area contributed by atoms with Crippen LogP contribution in [0, 0.1) is 16.7 Å². The molecule has 2 bridgehead atoms. The Morgan fingerprint density at radius 3 is 2.33 bits per heavy atom. The van der Waals surface area contributed by atoms with E-state index in [4.69, 9.17) is 4.74 Å². The summed E-state index contributed by atoms with van der Waals surface area (Å²) in [6.45, 7) is 7.68. The number of esters is 1. The summed E-state index contributed by atoms with van der Waals surface area (Å²) >= 11 is 0. The molecule has 2 aliphatic carbocycles. The molecule has 15 heavy (non-hydrogen) atoms. The number of ether oxygens (including phenoxy) is 1. The fraction of sp³-hybridized carbons (Fsp3) is 0.917. The number of hydrogen-bond donors (Lipinski definition) is 0. The van der Waals surface area contributed by atoms with Gasteiger partial charge in [-0.1, -0.05) is 20.8 Å². The second kappa shape index (κ2) is 2.96. The number of fused-ring (bicyclic) bond motifs is 2. The number of halogens is 1. The molecular formula is C12H19FO2. The first kappa shape index (κ1) is 10.9. The normalized spacial score (nSPS) is 46.9. The molecular weight excluding hydrogens is 195 g/mol. The van der Waals surface area contributed by atoms with Gasteiger partial charge in [-0.05, 0) is 24.2 Å². The lowest BCUT2D eigenvalue weighted by molar-refractivity contribution is -0.154. The van der Waals surface area contributed by atoms with Crippen LogP contribution in [0.15, 0.2) is 0 Å². The third-order valence-corrected chi connectivity index (χ3v) is 4.94. The van der Waals surface area contributed by atoms with Crippen LogP contribution in [-0.2, 0) is 9.53 Å². The average Bonchev–Trinajstić information content (AvgIpc) is 2.33. The molecule has 2 saturated carbocycles. The first-order chi connectivity index (χ1) is 6.79. The zero-order valence-electron chi connectivity index (χ0n) is 9.84. The van der Waals surface area contributed by atoms with Crippen LogP contribution in [0.3, 0.4) is 0 Å². The van der Waals surface area contributed by atoms with Crippen LogP contribution < -0.4 is 0 Å². The van der Waals surface area contributed by atoms with Gasteiger partial charge < -0.3 is 4.74 Å². The van der Waals surface area contributed by atoms with Crippen LogP contribution in [0.4, 0.5) is 4.39 Å². The zero-order chi connectivity index (χ0) is 11.4. The molecule has 0 heterocycles. The highest BCUT2D eigenvalue weighted by Crippen LogP contribution is 2.66. The maximum Gasteiger partial charge on any atom is 0.302 e. The van der Waals surface area contributed by atoms with E-state index in [-0.39, 0.29) is 28.8 Å². The highest BCUT2D eigenvalue weighted by atomic mass is 19.1. The number of hydrogen-bond acceptors (Lipinski definition) is 2. The predicted octanol–water partition coefficient (Wildman–Crippen LogP) is 2.71. The standard InChI is InChI=1S/C12H19FO2/c1-7(14)15-10-5-8-9(13)6-12(10,4)11(8,2)3/h8-10H,5-6H2,1-4H3. The van der Waals surface area contributed by atoms with Crippen molar-refractivity contribution in [1.82, 2.24) is 0 Å². The number of rotatable bonds is 1. The molecule has 0 N–H and O–H groups in total. The Morgan fingerprint density at radius 2 is 2.00 bits per heavy atom. The van der Waals surface area contributed by atoms with E-state index in [1.54, 1.807) is 0 Å². The van der Waals surface area contributed by atoms with E-state index in [1.807, 2.05) is 0 Å². The molecule has 0 amide bonds. The minimum Gasteiger partial charge on any atom is -0.462 e. The van der Waals surface area contributed by atoms with E-state index in [0.29, 0.717) is 12.8 Å². The number of carbonyl (C=O) groups is 1. The van der Waals surface area contributed by atoms with Crippen molar-refractivity contribution in [2.75, 3.05) is 0 Å². The zero-order valence-corrected chi connectivity index (χ0v) is 9.84. The topological polar surface area (TPSA) is 26.3 Å². The molecule has 4 atom stereocenters. The second-order valence-corrected chi connectivity index (χ2v) is 5.80. The second-order valence-electron chi connectivity index (χ2n) is 5.80. The molecule has 4 unspecified atom stereocenters. The Bertz CT molecular complexity index is 300. The Labute approximate surface area is 90.2 Å². The van der Waals surface area contributed by atoms with Gasteiger partial charge >= 0.3 is 5.97 Å². The van der Waals surface area contributed by atoms with Crippen LogP contribution >= 0.6 is 0 Å². The van der Waals surface area contributed by atoms with E-state index in [1.165, 1.54) is 6.92 Å². The first-order valence-electron chi connectivity index (χ1n) is 5.60. The molecule has 2 fully saturated rings. The van der Waals surface area contributed by atoms with Gasteiger partial charge in [0, 0.05) is 12.3 Å². The molecule has 86 valence electrons. The lowest BCUT2D eigenvalue weighted by Gasteiger charge is -2.37. The molecule has 2 rings (SSSR count). The number of carbonyl (C=O) groups excluding carboxylic acids is 1. The van der Waals surface area contributed by atoms with Gasteiger partial charge in [-0.3, -0.25) is 4.79 Å². The van der Waals surface area contributed by atoms with Gasteiger partial charge in [0.25, 0.3) is 0 Å². The van der Waals surface area contributed by atoms with Crippen LogP contribution in [0.25, 0.3) is 0 Å². The maximum absolute atomic E-state index is 13.7. The smallest absolute Gasteiger partial charge is 0.302 e. The van der Waals surface area contributed by atoms with E-state index in [2.05, 4.69) is 20.8 Å². The monoisotopic (exact) mass is 214 g/mol. The van der Waals surface area contributed by atoms with Gasteiger partial charge in [-0.15, -0.1) is 0 Å². The fourth-order valence-corrected chi connectivity index (χ4v) is 3.54. The van der Waals surface area contributed by atoms with Crippen LogP contribution in [0.5, 0.6) is 0 Å². The largest absolute Gasteiger partial charge is 0.462 e. The van der Waals surface area contributed by atoms with Gasteiger partial charge in [0.1, 0.15) is 12.3 Å². The van der Waals surface area contributed by atoms with Crippen molar-refractivity contribution in [3.8, 4) is 0 Å². The van der Waals surface area contributed by atoms with Crippen LogP contribution in [0.1, 0.15) is 40.5 Å². The third kappa shape index (κ3) is 1.25. The summed E-state index contributed by atoms with van der Waals surface area (Å²) in [4.78, 5) is 11.0. The van der Waals surface area contributed by atoms with Crippen molar-refractivity contribution < 1.29 is 13.9 Å². The van der Waals surface area contributed by atoms with Crippen molar-refractivity contribution in [2.45, 2.75) is 52.8 Å². The molecule has 0 aromatic carbocycles. The average molecular weight is 214 g/mol. The summed E-state index contributed by atoms with van der Waals surface area (Å²) in [7, 11) is 0. The Morgan fingerprint density at radius 1 is 1.40 bits per heavy atom. The summed E-state index contributed by atoms with van der Waals surface area (Å²) in [5, 5.41) is 0. The Kier molecular flexibility index (Phi) is 2.15. The van der Waals surface area contributed by atoms with E-state index >= 15 is 0 Å². The predicted molar refractivity (Wildman–Crippen MR) is 55.1 cm³/mol. The van der Waals surface area contributed by atoms with Gasteiger partial charge in [0.15, 0.2) is 0 Å². The molecule has 0 aromatic rings. The molecule has 0 radical (unpaired) electrons. The minimum absolute atomic E-state index is 0.0480. The van der Waals surface area contributed by atoms with Crippen molar-refractivity contribution in [3.63, 3.8) is 0 Å². The Balaban J connectivity index is 2.27. The van der Waals surface area contributed by atoms with E-state index in [0.717, 1.165) is 0 Å². The van der Waals surface area contributed by atoms with E-state index in [9.17, 15) is 9.18 Å². The quantitative estimate of drug-likeness (QED) is 0.627. The molecule has 3 heteroatoms. The SMILES string of the molecule is CC(=O)OC1CC2C(F)CC1(C)C2(C)C. The number of alkyl halides is 1. The van der Waals surface area contributed by atoms with Crippen molar-refractivity contribution >= 4 is 5.97 Å². The summed E-state index contributed by atoms with van der Waals surface area (Å²) < 4.78 is 19.1. The highest BCUT2D eigenvalue weighted by molar-refractivity contribution is 5.66. The van der Waals surface area contributed by atoms with Crippen molar-refractivity contribution in [2.24, 2.45) is 16.7 Å². The molecule has 2 nitrogen and oxygen atoms in total. The van der Waals surface area contributed by atoms with Crippen molar-refractivity contribution in [3.05, 3.63) is 0 Å². The lowest BCUT2D eigenvalue weighted by Crippen LogP contribution is -2.38. The fourth-order valence-electron chi connectivity index (χ4n) is 3.54. The molecule has 2 aliphatic rings. The van der Waals surface area contributed by atoms with Gasteiger partial charge in [-0.25, -0.2) is 4.39 Å². The Hall–Kier alpha value is -0.600.